The molecule has 1 atom stereocenters. The first kappa shape index (κ1) is 21.3. The van der Waals surface area contributed by atoms with Gasteiger partial charge >= 0.3 is 0 Å². The van der Waals surface area contributed by atoms with E-state index in [4.69, 9.17) is 0 Å². The first-order chi connectivity index (χ1) is 12.4. The normalized spacial score (nSPS) is 13.5. The van der Waals surface area contributed by atoms with Gasteiger partial charge in [0.25, 0.3) is 0 Å². The molecule has 0 amide bonds. The van der Waals surface area contributed by atoms with Gasteiger partial charge in [-0.15, -0.1) is 6.58 Å². The van der Waals surface area contributed by atoms with Gasteiger partial charge in [-0.05, 0) is 58.9 Å². The molecule has 0 aliphatic heterocycles. The van der Waals surface area contributed by atoms with Crippen molar-refractivity contribution in [1.82, 2.24) is 0 Å². The minimum Gasteiger partial charge on any atom is -0.507 e. The molecule has 0 fully saturated rings. The Morgan fingerprint density at radius 1 is 0.926 bits per heavy atom. The molecular formula is C26H36O. The zero-order valence-corrected chi connectivity index (χ0v) is 18.4. The monoisotopic (exact) mass is 364 g/mol. The van der Waals surface area contributed by atoms with Crippen molar-refractivity contribution in [3.05, 3.63) is 76.4 Å². The van der Waals surface area contributed by atoms with Crippen LogP contribution in [0.2, 0.25) is 0 Å². The van der Waals surface area contributed by atoms with E-state index in [0.29, 0.717) is 5.75 Å². The van der Waals surface area contributed by atoms with E-state index in [0.717, 1.165) is 17.5 Å². The van der Waals surface area contributed by atoms with Crippen LogP contribution in [0.25, 0.3) is 0 Å². The van der Waals surface area contributed by atoms with E-state index in [1.54, 1.807) is 0 Å². The van der Waals surface area contributed by atoms with Gasteiger partial charge in [-0.25, -0.2) is 0 Å². The summed E-state index contributed by atoms with van der Waals surface area (Å²) in [7, 11) is 0. The summed E-state index contributed by atoms with van der Waals surface area (Å²) in [6, 6.07) is 11.1. The van der Waals surface area contributed by atoms with Crippen molar-refractivity contribution >= 4 is 0 Å². The molecule has 2 aromatic rings. The van der Waals surface area contributed by atoms with Crippen molar-refractivity contribution in [2.45, 2.75) is 78.6 Å². The summed E-state index contributed by atoms with van der Waals surface area (Å²) in [6.07, 6.45) is 2.88. The highest BCUT2D eigenvalue weighted by molar-refractivity contribution is 5.52. The number of hydrogen-bond donors (Lipinski definition) is 1. The van der Waals surface area contributed by atoms with Gasteiger partial charge in [0.1, 0.15) is 5.75 Å². The molecule has 0 saturated carbocycles. The zero-order valence-electron chi connectivity index (χ0n) is 18.4. The summed E-state index contributed by atoms with van der Waals surface area (Å²) < 4.78 is 0. The van der Waals surface area contributed by atoms with E-state index >= 15 is 0 Å². The lowest BCUT2D eigenvalue weighted by Gasteiger charge is -2.30. The minimum atomic E-state index is -0.124. The van der Waals surface area contributed by atoms with Crippen LogP contribution in [0, 0.1) is 13.8 Å². The van der Waals surface area contributed by atoms with Crippen LogP contribution in [-0.2, 0) is 10.8 Å². The van der Waals surface area contributed by atoms with Crippen LogP contribution < -0.4 is 0 Å². The summed E-state index contributed by atoms with van der Waals surface area (Å²) in [5.41, 5.74) is 6.98. The van der Waals surface area contributed by atoms with E-state index in [2.05, 4.69) is 92.3 Å². The summed E-state index contributed by atoms with van der Waals surface area (Å²) >= 11 is 0. The maximum Gasteiger partial charge on any atom is 0.123 e. The van der Waals surface area contributed by atoms with Crippen LogP contribution in [0.5, 0.6) is 5.75 Å². The second-order valence-electron chi connectivity index (χ2n) is 9.90. The van der Waals surface area contributed by atoms with Gasteiger partial charge in [0, 0.05) is 5.92 Å². The Kier molecular flexibility index (Phi) is 5.94. The molecule has 0 aromatic heterocycles. The largest absolute Gasteiger partial charge is 0.507 e. The Balaban J connectivity index is 2.78. The second-order valence-corrected chi connectivity index (χ2v) is 9.90. The van der Waals surface area contributed by atoms with Gasteiger partial charge in [-0.1, -0.05) is 83.5 Å². The van der Waals surface area contributed by atoms with E-state index in [-0.39, 0.29) is 16.7 Å². The van der Waals surface area contributed by atoms with Crippen LogP contribution >= 0.6 is 0 Å². The number of phenolic OH excluding ortho intramolecular Hbond substituents is 1. The molecule has 0 aliphatic rings. The first-order valence-electron chi connectivity index (χ1n) is 9.92. The molecule has 0 spiro atoms. The summed E-state index contributed by atoms with van der Waals surface area (Å²) in [5, 5.41) is 11.0. The Morgan fingerprint density at radius 2 is 1.44 bits per heavy atom. The van der Waals surface area contributed by atoms with Crippen molar-refractivity contribution in [1.29, 1.82) is 0 Å². The molecule has 27 heavy (non-hydrogen) atoms. The summed E-state index contributed by atoms with van der Waals surface area (Å²) in [6.45, 7) is 21.3. The first-order valence-corrected chi connectivity index (χ1v) is 9.92. The van der Waals surface area contributed by atoms with Crippen molar-refractivity contribution < 1.29 is 5.11 Å². The number of aromatic hydroxyl groups is 1. The molecule has 2 aromatic carbocycles. The fraction of sp³-hybridized carbons (Fsp3) is 0.462. The van der Waals surface area contributed by atoms with Crippen LogP contribution in [0.3, 0.4) is 0 Å². The highest BCUT2D eigenvalue weighted by Gasteiger charge is 2.28. The standard InChI is InChI=1S/C26H36O/c1-10-11-21(20-13-12-17(2)14-18(20)3)19-15-22(25(4,5)6)24(27)23(16-19)26(7,8)9/h10,12-16,21,27H,1,11H2,2-9H3. The molecule has 0 saturated heterocycles. The van der Waals surface area contributed by atoms with Gasteiger partial charge < -0.3 is 5.11 Å². The van der Waals surface area contributed by atoms with E-state index in [9.17, 15) is 5.11 Å². The van der Waals surface area contributed by atoms with E-state index < -0.39 is 0 Å². The molecule has 0 heterocycles. The van der Waals surface area contributed by atoms with Gasteiger partial charge in [0.2, 0.25) is 0 Å². The molecule has 1 N–H and O–H groups in total. The molecule has 0 bridgehead atoms. The SMILES string of the molecule is C=CCC(c1cc(C(C)(C)C)c(O)c(C(C)(C)C)c1)c1ccc(C)cc1C. The molecular weight excluding hydrogens is 328 g/mol. The molecule has 1 heteroatoms. The maximum absolute atomic E-state index is 11.0. The van der Waals surface area contributed by atoms with Crippen LogP contribution in [0.4, 0.5) is 0 Å². The third-order valence-electron chi connectivity index (χ3n) is 5.35. The van der Waals surface area contributed by atoms with Crippen molar-refractivity contribution in [2.75, 3.05) is 0 Å². The quantitative estimate of drug-likeness (QED) is 0.564. The lowest BCUT2D eigenvalue weighted by Crippen LogP contribution is -2.19. The highest BCUT2D eigenvalue weighted by Crippen LogP contribution is 2.43. The number of rotatable bonds is 4. The third kappa shape index (κ3) is 4.64. The highest BCUT2D eigenvalue weighted by atomic mass is 16.3. The van der Waals surface area contributed by atoms with Crippen LogP contribution in [0.1, 0.15) is 87.3 Å². The summed E-state index contributed by atoms with van der Waals surface area (Å²) in [5.74, 6) is 0.683. The van der Waals surface area contributed by atoms with Gasteiger partial charge in [-0.3, -0.25) is 0 Å². The third-order valence-corrected chi connectivity index (χ3v) is 5.35. The predicted molar refractivity (Wildman–Crippen MR) is 118 cm³/mol. The number of phenols is 1. The Bertz CT molecular complexity index is 793. The topological polar surface area (TPSA) is 20.2 Å². The van der Waals surface area contributed by atoms with Gasteiger partial charge in [0.05, 0.1) is 0 Å². The van der Waals surface area contributed by atoms with E-state index in [1.165, 1.54) is 22.3 Å². The number of benzene rings is 2. The molecule has 1 unspecified atom stereocenters. The molecule has 2 rings (SSSR count). The lowest BCUT2D eigenvalue weighted by atomic mass is 9.75. The van der Waals surface area contributed by atoms with Gasteiger partial charge in [-0.2, -0.15) is 0 Å². The predicted octanol–water partition coefficient (Wildman–Crippen LogP) is 7.31. The fourth-order valence-corrected chi connectivity index (χ4v) is 3.83. The Labute approximate surface area is 166 Å². The average molecular weight is 365 g/mol. The second kappa shape index (κ2) is 7.54. The number of allylic oxidation sites excluding steroid dienone is 1. The van der Waals surface area contributed by atoms with Crippen molar-refractivity contribution in [2.24, 2.45) is 0 Å². The number of hydrogen-bond acceptors (Lipinski definition) is 1. The van der Waals surface area contributed by atoms with Crippen LogP contribution in [0.15, 0.2) is 43.0 Å². The van der Waals surface area contributed by atoms with E-state index in [1.807, 2.05) is 6.08 Å². The minimum absolute atomic E-state index is 0.124. The lowest BCUT2D eigenvalue weighted by molar-refractivity contribution is 0.422. The fourth-order valence-electron chi connectivity index (χ4n) is 3.83. The molecule has 0 aliphatic carbocycles. The molecule has 0 radical (unpaired) electrons. The maximum atomic E-state index is 11.0. The Morgan fingerprint density at radius 3 is 1.85 bits per heavy atom. The molecule has 146 valence electrons. The number of aryl methyl sites for hydroxylation is 2. The average Bonchev–Trinajstić information content (AvgIpc) is 2.51. The smallest absolute Gasteiger partial charge is 0.123 e. The van der Waals surface area contributed by atoms with Crippen molar-refractivity contribution in [3.63, 3.8) is 0 Å². The van der Waals surface area contributed by atoms with Crippen LogP contribution in [-0.4, -0.2) is 5.11 Å². The molecule has 1 nitrogen and oxygen atoms in total. The zero-order chi connectivity index (χ0) is 20.6. The van der Waals surface area contributed by atoms with Crippen molar-refractivity contribution in [3.8, 4) is 5.75 Å². The summed E-state index contributed by atoms with van der Waals surface area (Å²) in [4.78, 5) is 0. The Hall–Kier alpha value is -2.02. The van der Waals surface area contributed by atoms with Gasteiger partial charge in [0.15, 0.2) is 0 Å².